The van der Waals surface area contributed by atoms with E-state index in [4.69, 9.17) is 0 Å². The van der Waals surface area contributed by atoms with Crippen LogP contribution in [0.2, 0.25) is 0 Å². The van der Waals surface area contributed by atoms with Gasteiger partial charge in [0.2, 0.25) is 0 Å². The molecule has 0 spiro atoms. The van der Waals surface area contributed by atoms with Crippen LogP contribution in [-0.2, 0) is 6.42 Å². The van der Waals surface area contributed by atoms with Gasteiger partial charge in [0.1, 0.15) is 0 Å². The molecule has 0 aliphatic carbocycles. The number of piperazine rings is 1. The molecular weight excluding hydrogens is 246 g/mol. The van der Waals surface area contributed by atoms with Crippen molar-refractivity contribution in [3.63, 3.8) is 0 Å². The van der Waals surface area contributed by atoms with Crippen molar-refractivity contribution in [3.8, 4) is 0 Å². The Labute approximate surface area is 123 Å². The van der Waals surface area contributed by atoms with Gasteiger partial charge in [-0.05, 0) is 24.0 Å². The van der Waals surface area contributed by atoms with Gasteiger partial charge in [0, 0.05) is 50.0 Å². The molecule has 20 heavy (non-hydrogen) atoms. The van der Waals surface area contributed by atoms with E-state index >= 15 is 0 Å². The summed E-state index contributed by atoms with van der Waals surface area (Å²) in [6.07, 6.45) is 4.16. The van der Waals surface area contributed by atoms with Crippen molar-refractivity contribution in [1.29, 1.82) is 0 Å². The van der Waals surface area contributed by atoms with E-state index < -0.39 is 0 Å². The van der Waals surface area contributed by atoms with Crippen LogP contribution in [0, 0.1) is 5.41 Å². The largest absolute Gasteiger partial charge is 0.311 e. The summed E-state index contributed by atoms with van der Waals surface area (Å²) in [6, 6.07) is 7.43. The van der Waals surface area contributed by atoms with Crippen molar-refractivity contribution in [1.82, 2.24) is 15.2 Å². The molecular formula is C17H29N3. The maximum Gasteiger partial charge on any atom is 0.0416 e. The van der Waals surface area contributed by atoms with Crippen LogP contribution in [0.1, 0.15) is 39.8 Å². The molecule has 0 amide bonds. The molecule has 2 heterocycles. The van der Waals surface area contributed by atoms with Crippen molar-refractivity contribution in [3.05, 3.63) is 30.1 Å². The minimum atomic E-state index is 0.321. The van der Waals surface area contributed by atoms with E-state index in [1.807, 2.05) is 12.3 Å². The number of aromatic nitrogens is 1. The van der Waals surface area contributed by atoms with E-state index in [9.17, 15) is 0 Å². The lowest BCUT2D eigenvalue weighted by Crippen LogP contribution is -2.60. The summed E-state index contributed by atoms with van der Waals surface area (Å²) in [7, 11) is 0. The summed E-state index contributed by atoms with van der Waals surface area (Å²) in [6.45, 7) is 12.6. The molecule has 2 rings (SSSR count). The average Bonchev–Trinajstić information content (AvgIpc) is 2.45. The molecule has 3 nitrogen and oxygen atoms in total. The van der Waals surface area contributed by atoms with E-state index in [0.717, 1.165) is 26.1 Å². The van der Waals surface area contributed by atoms with Gasteiger partial charge in [-0.25, -0.2) is 0 Å². The predicted octanol–water partition coefficient (Wildman–Crippen LogP) is 2.72. The Hall–Kier alpha value is -0.930. The zero-order valence-electron chi connectivity index (χ0n) is 13.4. The van der Waals surface area contributed by atoms with Crippen molar-refractivity contribution in [2.45, 2.75) is 52.6 Å². The Kier molecular flexibility index (Phi) is 5.17. The van der Waals surface area contributed by atoms with Crippen LogP contribution in [-0.4, -0.2) is 41.6 Å². The highest BCUT2D eigenvalue weighted by Crippen LogP contribution is 2.24. The normalized spacial score (nSPS) is 24.8. The summed E-state index contributed by atoms with van der Waals surface area (Å²) < 4.78 is 0. The van der Waals surface area contributed by atoms with Crippen molar-refractivity contribution >= 4 is 0 Å². The Bertz CT molecular complexity index is 396. The van der Waals surface area contributed by atoms with E-state index in [0.29, 0.717) is 17.5 Å². The number of hydrogen-bond acceptors (Lipinski definition) is 3. The molecule has 3 heteroatoms. The molecule has 1 aliphatic rings. The lowest BCUT2D eigenvalue weighted by Gasteiger charge is -2.45. The number of nitrogens with zero attached hydrogens (tertiary/aromatic N) is 2. The number of hydrogen-bond donors (Lipinski definition) is 1. The highest BCUT2D eigenvalue weighted by atomic mass is 15.2. The molecule has 0 bridgehead atoms. The van der Waals surface area contributed by atoms with Gasteiger partial charge in [-0.15, -0.1) is 0 Å². The Morgan fingerprint density at radius 2 is 2.15 bits per heavy atom. The fourth-order valence-corrected chi connectivity index (χ4v) is 2.92. The topological polar surface area (TPSA) is 28.2 Å². The third kappa shape index (κ3) is 4.03. The van der Waals surface area contributed by atoms with Gasteiger partial charge in [0.05, 0.1) is 0 Å². The van der Waals surface area contributed by atoms with Gasteiger partial charge in [-0.1, -0.05) is 33.8 Å². The molecule has 1 aliphatic heterocycles. The summed E-state index contributed by atoms with van der Waals surface area (Å²) in [5.74, 6) is 0. The summed E-state index contributed by atoms with van der Waals surface area (Å²) in [5, 5.41) is 3.73. The highest BCUT2D eigenvalue weighted by Gasteiger charge is 2.32. The molecule has 2 atom stereocenters. The third-order valence-corrected chi connectivity index (χ3v) is 4.43. The highest BCUT2D eigenvalue weighted by molar-refractivity contribution is 5.04. The zero-order chi connectivity index (χ0) is 14.6. The second-order valence-electron chi connectivity index (χ2n) is 6.95. The smallest absolute Gasteiger partial charge is 0.0416 e. The number of nitrogens with one attached hydrogen (secondary N) is 1. The Morgan fingerprint density at radius 1 is 1.35 bits per heavy atom. The van der Waals surface area contributed by atoms with Crippen molar-refractivity contribution in [2.24, 2.45) is 5.41 Å². The monoisotopic (exact) mass is 275 g/mol. The van der Waals surface area contributed by atoms with Gasteiger partial charge < -0.3 is 5.32 Å². The minimum absolute atomic E-state index is 0.321. The van der Waals surface area contributed by atoms with E-state index in [2.05, 4.69) is 55.0 Å². The second-order valence-corrected chi connectivity index (χ2v) is 6.95. The van der Waals surface area contributed by atoms with E-state index in [1.54, 1.807) is 0 Å². The summed E-state index contributed by atoms with van der Waals surface area (Å²) >= 11 is 0. The Balaban J connectivity index is 1.95. The minimum Gasteiger partial charge on any atom is -0.311 e. The zero-order valence-corrected chi connectivity index (χ0v) is 13.4. The maximum absolute atomic E-state index is 4.44. The fourth-order valence-electron chi connectivity index (χ4n) is 2.92. The first-order chi connectivity index (χ1) is 9.50. The van der Waals surface area contributed by atoms with E-state index in [1.165, 1.54) is 12.1 Å². The van der Waals surface area contributed by atoms with Gasteiger partial charge >= 0.3 is 0 Å². The first-order valence-electron chi connectivity index (χ1n) is 7.88. The third-order valence-electron chi connectivity index (χ3n) is 4.43. The van der Waals surface area contributed by atoms with Gasteiger partial charge in [0.15, 0.2) is 0 Å². The van der Waals surface area contributed by atoms with Crippen LogP contribution in [0.15, 0.2) is 24.4 Å². The average molecular weight is 275 g/mol. The van der Waals surface area contributed by atoms with Crippen LogP contribution >= 0.6 is 0 Å². The summed E-state index contributed by atoms with van der Waals surface area (Å²) in [4.78, 5) is 7.09. The molecule has 0 saturated carbocycles. The standard InChI is InChI=1S/C17H29N3/c1-5-15-12-19-16(17(2,3)4)13-20(15)11-9-14-8-6-7-10-18-14/h6-8,10,15-16,19H,5,9,11-13H2,1-4H3. The van der Waals surface area contributed by atoms with Crippen molar-refractivity contribution in [2.75, 3.05) is 19.6 Å². The van der Waals surface area contributed by atoms with E-state index in [-0.39, 0.29) is 0 Å². The number of pyridine rings is 1. The van der Waals surface area contributed by atoms with Crippen molar-refractivity contribution < 1.29 is 0 Å². The number of rotatable bonds is 4. The SMILES string of the molecule is CCC1CNC(C(C)(C)C)CN1CCc1ccccn1. The predicted molar refractivity (Wildman–Crippen MR) is 84.8 cm³/mol. The first-order valence-corrected chi connectivity index (χ1v) is 7.88. The van der Waals surface area contributed by atoms with Gasteiger partial charge in [0.25, 0.3) is 0 Å². The lowest BCUT2D eigenvalue weighted by atomic mass is 9.84. The molecule has 1 aromatic heterocycles. The van der Waals surface area contributed by atoms with Gasteiger partial charge in [-0.3, -0.25) is 9.88 Å². The quantitative estimate of drug-likeness (QED) is 0.916. The molecule has 0 aromatic carbocycles. The van der Waals surface area contributed by atoms with Crippen LogP contribution < -0.4 is 5.32 Å². The molecule has 1 fully saturated rings. The molecule has 2 unspecified atom stereocenters. The van der Waals surface area contributed by atoms with Crippen LogP contribution in [0.3, 0.4) is 0 Å². The van der Waals surface area contributed by atoms with Crippen LogP contribution in [0.5, 0.6) is 0 Å². The molecule has 1 aromatic rings. The lowest BCUT2D eigenvalue weighted by molar-refractivity contribution is 0.0844. The van der Waals surface area contributed by atoms with Crippen LogP contribution in [0.25, 0.3) is 0 Å². The molecule has 1 saturated heterocycles. The maximum atomic E-state index is 4.44. The summed E-state index contributed by atoms with van der Waals surface area (Å²) in [5.41, 5.74) is 1.52. The molecule has 1 N–H and O–H groups in total. The second kappa shape index (κ2) is 6.68. The first kappa shape index (κ1) is 15.5. The molecule has 112 valence electrons. The molecule has 0 radical (unpaired) electrons. The Morgan fingerprint density at radius 3 is 2.75 bits per heavy atom. The van der Waals surface area contributed by atoms with Crippen LogP contribution in [0.4, 0.5) is 0 Å². The fraction of sp³-hybridized carbons (Fsp3) is 0.706. The van der Waals surface area contributed by atoms with Gasteiger partial charge in [-0.2, -0.15) is 0 Å².